The number of para-hydroxylation sites is 2. The second-order valence-corrected chi connectivity index (χ2v) is 12.3. The molecule has 3 aromatic heterocycles. The third-order valence-electron chi connectivity index (χ3n) is 9.48. The lowest BCUT2D eigenvalue weighted by atomic mass is 10.0. The van der Waals surface area contributed by atoms with Gasteiger partial charge in [0.15, 0.2) is 11.6 Å². The van der Waals surface area contributed by atoms with Crippen molar-refractivity contribution in [1.82, 2.24) is 24.5 Å². The van der Waals surface area contributed by atoms with E-state index in [0.29, 0.717) is 11.6 Å². The molecule has 5 nitrogen and oxygen atoms in total. The molecule has 0 aliphatic carbocycles. The number of rotatable bonds is 4. The molecule has 10 rings (SSSR count). The normalized spacial score (nSPS) is 11.7. The van der Waals surface area contributed by atoms with Gasteiger partial charge in [-0.1, -0.05) is 121 Å². The van der Waals surface area contributed by atoms with Gasteiger partial charge in [0.05, 0.1) is 11.0 Å². The highest BCUT2D eigenvalue weighted by molar-refractivity contribution is 6.23. The van der Waals surface area contributed by atoms with Gasteiger partial charge in [0.25, 0.3) is 0 Å². The summed E-state index contributed by atoms with van der Waals surface area (Å²) in [5, 5.41) is 6.56. The Morgan fingerprint density at radius 1 is 0.347 bits per heavy atom. The molecular weight excluding hydrogens is 599 g/mol. The van der Waals surface area contributed by atoms with Crippen LogP contribution >= 0.6 is 0 Å². The molecule has 10 aromatic rings. The summed E-state index contributed by atoms with van der Waals surface area (Å²) in [5.74, 6) is 1.31. The van der Waals surface area contributed by atoms with E-state index in [4.69, 9.17) is 19.9 Å². The second-order valence-electron chi connectivity index (χ2n) is 12.3. The minimum atomic E-state index is 0.651. The van der Waals surface area contributed by atoms with Gasteiger partial charge in [-0.25, -0.2) is 19.9 Å². The molecule has 0 N–H and O–H groups in total. The number of hydrogen-bond donors (Lipinski definition) is 0. The first kappa shape index (κ1) is 27.4. The zero-order valence-electron chi connectivity index (χ0n) is 26.3. The monoisotopic (exact) mass is 625 g/mol. The van der Waals surface area contributed by atoms with E-state index >= 15 is 0 Å². The van der Waals surface area contributed by atoms with Crippen LogP contribution in [0.2, 0.25) is 0 Å². The SMILES string of the molecule is c1ccc(-c2cccc(-c3ncc4c5ccccc5c5cnc(-c6cccc(-n7c8ccccc8c8ccccc87)c6)nc5c4n3)c2)cc1. The van der Waals surface area contributed by atoms with Crippen LogP contribution in [0.1, 0.15) is 0 Å². The maximum atomic E-state index is 5.26. The lowest BCUT2D eigenvalue weighted by Crippen LogP contribution is -1.98. The van der Waals surface area contributed by atoms with E-state index in [0.717, 1.165) is 60.5 Å². The summed E-state index contributed by atoms with van der Waals surface area (Å²) in [7, 11) is 0. The number of benzene rings is 7. The van der Waals surface area contributed by atoms with Gasteiger partial charge in [-0.05, 0) is 52.2 Å². The zero-order chi connectivity index (χ0) is 32.3. The average molecular weight is 626 g/mol. The molecular formula is C44H27N5. The van der Waals surface area contributed by atoms with Gasteiger partial charge in [0, 0.05) is 50.8 Å². The van der Waals surface area contributed by atoms with E-state index < -0.39 is 0 Å². The number of aromatic nitrogens is 5. The smallest absolute Gasteiger partial charge is 0.159 e. The fourth-order valence-corrected chi connectivity index (χ4v) is 7.20. The quantitative estimate of drug-likeness (QED) is 0.183. The topological polar surface area (TPSA) is 56.5 Å². The molecule has 3 heterocycles. The first-order chi connectivity index (χ1) is 24.3. The number of nitrogens with zero attached hydrogens (tertiary/aromatic N) is 5. The minimum absolute atomic E-state index is 0.651. The average Bonchev–Trinajstić information content (AvgIpc) is 3.52. The van der Waals surface area contributed by atoms with Crippen molar-refractivity contribution in [3.05, 3.63) is 164 Å². The van der Waals surface area contributed by atoms with Crippen LogP contribution < -0.4 is 0 Å². The van der Waals surface area contributed by atoms with Crippen molar-refractivity contribution in [2.24, 2.45) is 0 Å². The lowest BCUT2D eigenvalue weighted by molar-refractivity contribution is 1.17. The third-order valence-corrected chi connectivity index (χ3v) is 9.48. The molecule has 0 aliphatic heterocycles. The van der Waals surface area contributed by atoms with Crippen LogP contribution in [0.5, 0.6) is 0 Å². The van der Waals surface area contributed by atoms with Crippen LogP contribution in [0.25, 0.3) is 94.0 Å². The molecule has 7 aromatic carbocycles. The van der Waals surface area contributed by atoms with E-state index in [1.165, 1.54) is 21.8 Å². The Balaban J connectivity index is 1.17. The van der Waals surface area contributed by atoms with E-state index in [2.05, 4.69) is 150 Å². The number of hydrogen-bond acceptors (Lipinski definition) is 4. The highest BCUT2D eigenvalue weighted by atomic mass is 15.0. The van der Waals surface area contributed by atoms with Crippen molar-refractivity contribution in [1.29, 1.82) is 0 Å². The summed E-state index contributed by atoms with van der Waals surface area (Å²) in [6.07, 6.45) is 3.89. The summed E-state index contributed by atoms with van der Waals surface area (Å²) in [5.41, 5.74) is 9.18. The third kappa shape index (κ3) is 4.40. The predicted molar refractivity (Wildman–Crippen MR) is 201 cm³/mol. The van der Waals surface area contributed by atoms with Crippen LogP contribution in [0.3, 0.4) is 0 Å². The van der Waals surface area contributed by atoms with Gasteiger partial charge in [-0.15, -0.1) is 0 Å². The van der Waals surface area contributed by atoms with Gasteiger partial charge in [-0.2, -0.15) is 0 Å². The Labute approximate surface area is 281 Å². The van der Waals surface area contributed by atoms with Gasteiger partial charge < -0.3 is 4.57 Å². The summed E-state index contributed by atoms with van der Waals surface area (Å²) in [6, 6.07) is 52.8. The van der Waals surface area contributed by atoms with Crippen molar-refractivity contribution in [2.75, 3.05) is 0 Å². The van der Waals surface area contributed by atoms with Crippen molar-refractivity contribution in [3.8, 4) is 39.6 Å². The fourth-order valence-electron chi connectivity index (χ4n) is 7.20. The van der Waals surface area contributed by atoms with Crippen LogP contribution in [-0.2, 0) is 0 Å². The predicted octanol–water partition coefficient (Wildman–Crippen LogP) is 10.8. The van der Waals surface area contributed by atoms with Crippen LogP contribution in [0.15, 0.2) is 164 Å². The summed E-state index contributed by atoms with van der Waals surface area (Å²) >= 11 is 0. The molecule has 0 unspecified atom stereocenters. The fraction of sp³-hybridized carbons (Fsp3) is 0. The van der Waals surface area contributed by atoms with Gasteiger partial charge >= 0.3 is 0 Å². The van der Waals surface area contributed by atoms with Crippen LogP contribution in [0.4, 0.5) is 0 Å². The molecule has 0 saturated heterocycles. The van der Waals surface area contributed by atoms with E-state index in [9.17, 15) is 0 Å². The second kappa shape index (κ2) is 10.9. The van der Waals surface area contributed by atoms with E-state index in [1.54, 1.807) is 0 Å². The Kier molecular flexibility index (Phi) is 6.11. The highest BCUT2D eigenvalue weighted by Crippen LogP contribution is 2.36. The largest absolute Gasteiger partial charge is 0.309 e. The molecule has 0 radical (unpaired) electrons. The maximum absolute atomic E-state index is 5.26. The number of fused-ring (bicyclic) bond motifs is 9. The Morgan fingerprint density at radius 2 is 0.816 bits per heavy atom. The Bertz CT molecular complexity index is 2840. The standard InChI is InChI=1S/C44H27N5/c1-2-12-28(13-3-1)29-14-10-15-30(24-29)43-45-26-37-33-18-4-5-19-34(33)38-27-46-44(48-42(38)41(37)47-43)31-16-11-17-32(25-31)49-39-22-8-6-20-35(39)36-21-7-9-23-40(36)49/h1-27H. The van der Waals surface area contributed by atoms with Crippen LogP contribution in [-0.4, -0.2) is 24.5 Å². The lowest BCUT2D eigenvalue weighted by Gasteiger charge is -2.12. The van der Waals surface area contributed by atoms with Gasteiger partial charge in [0.2, 0.25) is 0 Å². The summed E-state index contributed by atoms with van der Waals surface area (Å²) < 4.78 is 2.32. The molecule has 0 fully saturated rings. The first-order valence-corrected chi connectivity index (χ1v) is 16.4. The van der Waals surface area contributed by atoms with Crippen molar-refractivity contribution < 1.29 is 0 Å². The summed E-state index contributed by atoms with van der Waals surface area (Å²) in [6.45, 7) is 0. The molecule has 0 aliphatic rings. The molecule has 0 atom stereocenters. The Morgan fingerprint density at radius 3 is 1.43 bits per heavy atom. The molecule has 228 valence electrons. The Hall–Kier alpha value is -6.72. The van der Waals surface area contributed by atoms with Crippen LogP contribution in [0, 0.1) is 0 Å². The summed E-state index contributed by atoms with van der Waals surface area (Å²) in [4.78, 5) is 20.3. The first-order valence-electron chi connectivity index (χ1n) is 16.4. The van der Waals surface area contributed by atoms with Crippen molar-refractivity contribution in [2.45, 2.75) is 0 Å². The maximum Gasteiger partial charge on any atom is 0.159 e. The molecule has 0 bridgehead atoms. The van der Waals surface area contributed by atoms with Gasteiger partial charge in [0.1, 0.15) is 11.0 Å². The molecule has 49 heavy (non-hydrogen) atoms. The molecule has 0 spiro atoms. The van der Waals surface area contributed by atoms with E-state index in [-0.39, 0.29) is 0 Å². The van der Waals surface area contributed by atoms with Crippen molar-refractivity contribution >= 4 is 54.4 Å². The molecule has 5 heteroatoms. The van der Waals surface area contributed by atoms with E-state index in [1.807, 2.05) is 18.5 Å². The zero-order valence-corrected chi connectivity index (χ0v) is 26.3. The van der Waals surface area contributed by atoms with Crippen molar-refractivity contribution in [3.63, 3.8) is 0 Å². The highest BCUT2D eigenvalue weighted by Gasteiger charge is 2.17. The van der Waals surface area contributed by atoms with Gasteiger partial charge in [-0.3, -0.25) is 0 Å². The molecule has 0 saturated carbocycles. The molecule has 0 amide bonds. The minimum Gasteiger partial charge on any atom is -0.309 e.